The summed E-state index contributed by atoms with van der Waals surface area (Å²) in [6.07, 6.45) is 0. The van der Waals surface area contributed by atoms with Gasteiger partial charge in [-0.2, -0.15) is 0 Å². The number of carbonyl (C=O) groups excluding carboxylic acids is 1. The van der Waals surface area contributed by atoms with Gasteiger partial charge in [-0.25, -0.2) is 0 Å². The first-order chi connectivity index (χ1) is 9.92. The molecule has 2 aromatic rings. The van der Waals surface area contributed by atoms with E-state index in [1.807, 2.05) is 13.0 Å². The standard InChI is InChI=1S/C15H14BrClN2O2/c1-8-3-4-12(18)10(5-8)15(20)19-13-7-9(17)6-11(16)14(13)21-2/h3-7H,18H2,1-2H3,(H,19,20). The fourth-order valence-corrected chi connectivity index (χ4v) is 2.89. The van der Waals surface area contributed by atoms with Gasteiger partial charge >= 0.3 is 0 Å². The lowest BCUT2D eigenvalue weighted by atomic mass is 10.1. The molecule has 2 aromatic carbocycles. The van der Waals surface area contributed by atoms with E-state index in [4.69, 9.17) is 22.1 Å². The summed E-state index contributed by atoms with van der Waals surface area (Å²) in [6, 6.07) is 8.60. The Morgan fingerprint density at radius 3 is 2.71 bits per heavy atom. The molecule has 3 N–H and O–H groups in total. The van der Waals surface area contributed by atoms with Gasteiger partial charge in [-0.15, -0.1) is 0 Å². The maximum Gasteiger partial charge on any atom is 0.257 e. The third-order valence-electron chi connectivity index (χ3n) is 2.91. The van der Waals surface area contributed by atoms with Crippen molar-refractivity contribution >= 4 is 44.8 Å². The van der Waals surface area contributed by atoms with Gasteiger partial charge in [-0.3, -0.25) is 4.79 Å². The number of methoxy groups -OCH3 is 1. The summed E-state index contributed by atoms with van der Waals surface area (Å²) in [7, 11) is 1.52. The number of anilines is 2. The fourth-order valence-electron chi connectivity index (χ4n) is 1.92. The van der Waals surface area contributed by atoms with E-state index in [0.29, 0.717) is 32.2 Å². The van der Waals surface area contributed by atoms with Crippen molar-refractivity contribution in [3.63, 3.8) is 0 Å². The van der Waals surface area contributed by atoms with E-state index < -0.39 is 0 Å². The zero-order chi connectivity index (χ0) is 15.6. The second kappa shape index (κ2) is 6.37. The number of benzene rings is 2. The van der Waals surface area contributed by atoms with Gasteiger partial charge in [-0.1, -0.05) is 23.2 Å². The minimum absolute atomic E-state index is 0.316. The van der Waals surface area contributed by atoms with Gasteiger partial charge in [0.05, 0.1) is 22.8 Å². The van der Waals surface area contributed by atoms with Crippen molar-refractivity contribution in [1.82, 2.24) is 0 Å². The zero-order valence-corrected chi connectivity index (χ0v) is 13.9. The van der Waals surface area contributed by atoms with Crippen molar-refractivity contribution in [3.05, 3.63) is 51.0 Å². The normalized spacial score (nSPS) is 10.3. The molecule has 0 aromatic heterocycles. The summed E-state index contributed by atoms with van der Waals surface area (Å²) in [4.78, 5) is 12.4. The zero-order valence-electron chi connectivity index (χ0n) is 11.5. The predicted octanol–water partition coefficient (Wildman–Crippen LogP) is 4.25. The second-order valence-electron chi connectivity index (χ2n) is 4.51. The molecule has 1 amide bonds. The molecule has 0 aliphatic heterocycles. The molecule has 4 nitrogen and oxygen atoms in total. The van der Waals surface area contributed by atoms with Crippen LogP contribution in [0, 0.1) is 6.92 Å². The number of halogens is 2. The molecule has 0 bridgehead atoms. The van der Waals surface area contributed by atoms with Gasteiger partial charge in [0, 0.05) is 10.7 Å². The van der Waals surface area contributed by atoms with Crippen molar-refractivity contribution in [3.8, 4) is 5.75 Å². The number of nitrogens with one attached hydrogen (secondary N) is 1. The molecule has 0 aliphatic carbocycles. The van der Waals surface area contributed by atoms with E-state index in [1.165, 1.54) is 7.11 Å². The van der Waals surface area contributed by atoms with Crippen LogP contribution in [0.4, 0.5) is 11.4 Å². The summed E-state index contributed by atoms with van der Waals surface area (Å²) in [5.74, 6) is 0.183. The van der Waals surface area contributed by atoms with E-state index in [2.05, 4.69) is 21.2 Å². The fraction of sp³-hybridized carbons (Fsp3) is 0.133. The van der Waals surface area contributed by atoms with Gasteiger partial charge in [-0.05, 0) is 47.1 Å². The van der Waals surface area contributed by atoms with Crippen LogP contribution in [0.1, 0.15) is 15.9 Å². The molecule has 0 atom stereocenters. The third-order valence-corrected chi connectivity index (χ3v) is 3.72. The number of ether oxygens (including phenoxy) is 1. The van der Waals surface area contributed by atoms with Crippen molar-refractivity contribution in [2.75, 3.05) is 18.2 Å². The molecule has 0 saturated heterocycles. The van der Waals surface area contributed by atoms with E-state index in [9.17, 15) is 4.79 Å². The predicted molar refractivity (Wildman–Crippen MR) is 89.2 cm³/mol. The maximum atomic E-state index is 12.4. The number of aryl methyl sites for hydroxylation is 1. The Balaban J connectivity index is 2.38. The van der Waals surface area contributed by atoms with Gasteiger partial charge < -0.3 is 15.8 Å². The minimum atomic E-state index is -0.316. The summed E-state index contributed by atoms with van der Waals surface area (Å²) >= 11 is 9.35. The Hall–Kier alpha value is -1.72. The summed E-state index contributed by atoms with van der Waals surface area (Å²) in [6.45, 7) is 1.90. The number of nitrogen functional groups attached to an aromatic ring is 1. The van der Waals surface area contributed by atoms with Gasteiger partial charge in [0.15, 0.2) is 5.75 Å². The van der Waals surface area contributed by atoms with Gasteiger partial charge in [0.1, 0.15) is 0 Å². The van der Waals surface area contributed by atoms with Crippen molar-refractivity contribution < 1.29 is 9.53 Å². The largest absolute Gasteiger partial charge is 0.493 e. The molecular formula is C15H14BrClN2O2. The highest BCUT2D eigenvalue weighted by Gasteiger charge is 2.15. The monoisotopic (exact) mass is 368 g/mol. The van der Waals surface area contributed by atoms with Crippen molar-refractivity contribution in [2.24, 2.45) is 0 Å². The second-order valence-corrected chi connectivity index (χ2v) is 5.80. The number of carbonyl (C=O) groups is 1. The van der Waals surface area contributed by atoms with E-state index in [0.717, 1.165) is 5.56 Å². The summed E-state index contributed by atoms with van der Waals surface area (Å²) in [5.41, 5.74) is 8.10. The van der Waals surface area contributed by atoms with E-state index in [1.54, 1.807) is 24.3 Å². The van der Waals surface area contributed by atoms with Crippen LogP contribution in [-0.2, 0) is 0 Å². The quantitative estimate of drug-likeness (QED) is 0.795. The lowest BCUT2D eigenvalue weighted by Crippen LogP contribution is -2.15. The minimum Gasteiger partial charge on any atom is -0.493 e. The van der Waals surface area contributed by atoms with Crippen molar-refractivity contribution in [2.45, 2.75) is 6.92 Å². The van der Waals surface area contributed by atoms with Crippen LogP contribution in [0.3, 0.4) is 0 Å². The Morgan fingerprint density at radius 1 is 1.33 bits per heavy atom. The van der Waals surface area contributed by atoms with Crippen molar-refractivity contribution in [1.29, 1.82) is 0 Å². The number of amides is 1. The lowest BCUT2D eigenvalue weighted by molar-refractivity contribution is 0.102. The lowest BCUT2D eigenvalue weighted by Gasteiger charge is -2.13. The van der Waals surface area contributed by atoms with Crippen LogP contribution < -0.4 is 15.8 Å². The average molecular weight is 370 g/mol. The van der Waals surface area contributed by atoms with Crippen LogP contribution in [0.2, 0.25) is 5.02 Å². The summed E-state index contributed by atoms with van der Waals surface area (Å²) < 4.78 is 5.93. The third kappa shape index (κ3) is 3.49. The smallest absolute Gasteiger partial charge is 0.257 e. The highest BCUT2D eigenvalue weighted by molar-refractivity contribution is 9.10. The Kier molecular flexibility index (Phi) is 4.75. The first-order valence-corrected chi connectivity index (χ1v) is 7.30. The molecule has 0 heterocycles. The number of hydrogen-bond acceptors (Lipinski definition) is 3. The Morgan fingerprint density at radius 2 is 2.05 bits per heavy atom. The number of rotatable bonds is 3. The molecule has 0 spiro atoms. The molecule has 110 valence electrons. The SMILES string of the molecule is COc1c(Br)cc(Cl)cc1NC(=O)c1cc(C)ccc1N. The molecular weight excluding hydrogens is 356 g/mol. The first kappa shape index (κ1) is 15.7. The Labute approximate surface area is 136 Å². The van der Waals surface area contributed by atoms with E-state index in [-0.39, 0.29) is 5.91 Å². The van der Waals surface area contributed by atoms with Gasteiger partial charge in [0.2, 0.25) is 0 Å². The maximum absolute atomic E-state index is 12.4. The topological polar surface area (TPSA) is 64.3 Å². The number of hydrogen-bond donors (Lipinski definition) is 2. The molecule has 0 radical (unpaired) electrons. The van der Waals surface area contributed by atoms with Gasteiger partial charge in [0.25, 0.3) is 5.91 Å². The summed E-state index contributed by atoms with van der Waals surface area (Å²) in [5, 5.41) is 3.25. The highest BCUT2D eigenvalue weighted by atomic mass is 79.9. The molecule has 21 heavy (non-hydrogen) atoms. The molecule has 0 aliphatic rings. The Bertz CT molecular complexity index is 704. The van der Waals surface area contributed by atoms with Crippen LogP contribution in [-0.4, -0.2) is 13.0 Å². The highest BCUT2D eigenvalue weighted by Crippen LogP contribution is 2.36. The first-order valence-electron chi connectivity index (χ1n) is 6.13. The number of nitrogens with two attached hydrogens (primary N) is 1. The van der Waals surface area contributed by atoms with Crippen LogP contribution in [0.5, 0.6) is 5.75 Å². The van der Waals surface area contributed by atoms with E-state index >= 15 is 0 Å². The molecule has 0 saturated carbocycles. The molecule has 2 rings (SSSR count). The van der Waals surface area contributed by atoms with Crippen LogP contribution in [0.15, 0.2) is 34.8 Å². The molecule has 6 heteroatoms. The molecule has 0 unspecified atom stereocenters. The van der Waals surface area contributed by atoms with Crippen LogP contribution >= 0.6 is 27.5 Å². The average Bonchev–Trinajstić information content (AvgIpc) is 2.41. The van der Waals surface area contributed by atoms with Crippen LogP contribution in [0.25, 0.3) is 0 Å². The molecule has 0 fully saturated rings.